The van der Waals surface area contributed by atoms with Gasteiger partial charge in [0.15, 0.2) is 5.82 Å². The van der Waals surface area contributed by atoms with Crippen LogP contribution >= 0.6 is 0 Å². The maximum atomic E-state index is 5.00. The van der Waals surface area contributed by atoms with Crippen molar-refractivity contribution < 1.29 is 0 Å². The van der Waals surface area contributed by atoms with Gasteiger partial charge in [-0.1, -0.05) is 78.9 Å². The summed E-state index contributed by atoms with van der Waals surface area (Å²) >= 11 is 0. The second-order valence-corrected chi connectivity index (χ2v) is 7.44. The molecule has 0 saturated carbocycles. The predicted molar refractivity (Wildman–Crippen MR) is 125 cm³/mol. The molecule has 0 atom stereocenters. The molecule has 0 aliphatic carbocycles. The molecule has 6 rings (SSSR count). The van der Waals surface area contributed by atoms with Gasteiger partial charge in [-0.25, -0.2) is 9.67 Å². The molecule has 4 nitrogen and oxygen atoms in total. The van der Waals surface area contributed by atoms with E-state index in [1.54, 1.807) is 0 Å². The fourth-order valence-corrected chi connectivity index (χ4v) is 3.95. The Kier molecular flexibility index (Phi) is 4.06. The highest BCUT2D eigenvalue weighted by Gasteiger charge is 2.15. The van der Waals surface area contributed by atoms with Gasteiger partial charge in [-0.15, -0.1) is 0 Å². The molecule has 6 aromatic rings. The number of hydrogen-bond acceptors (Lipinski definition) is 3. The van der Waals surface area contributed by atoms with Gasteiger partial charge in [0.2, 0.25) is 0 Å². The predicted octanol–water partition coefficient (Wildman–Crippen LogP) is 6.30. The van der Waals surface area contributed by atoms with Crippen molar-refractivity contribution in [2.24, 2.45) is 0 Å². The molecular weight excluding hydrogens is 380 g/mol. The third-order valence-corrected chi connectivity index (χ3v) is 5.48. The molecule has 3 heterocycles. The van der Waals surface area contributed by atoms with Crippen molar-refractivity contribution in [2.45, 2.75) is 0 Å². The topological polar surface area (TPSA) is 43.6 Å². The van der Waals surface area contributed by atoms with Gasteiger partial charge in [0.1, 0.15) is 0 Å². The summed E-state index contributed by atoms with van der Waals surface area (Å²) in [7, 11) is 0. The number of benzene rings is 3. The summed E-state index contributed by atoms with van der Waals surface area (Å²) in [6.45, 7) is 0. The van der Waals surface area contributed by atoms with Gasteiger partial charge in [-0.2, -0.15) is 5.10 Å². The lowest BCUT2D eigenvalue weighted by atomic mass is 10.1. The summed E-state index contributed by atoms with van der Waals surface area (Å²) in [6.07, 6.45) is 1.81. The first-order valence-electron chi connectivity index (χ1n) is 10.2. The van der Waals surface area contributed by atoms with Crippen molar-refractivity contribution >= 4 is 21.8 Å². The number of rotatable bonds is 3. The fraction of sp³-hybridized carbons (Fsp3) is 0. The summed E-state index contributed by atoms with van der Waals surface area (Å²) in [5, 5.41) is 7.09. The van der Waals surface area contributed by atoms with Crippen molar-refractivity contribution in [3.8, 4) is 28.3 Å². The summed E-state index contributed by atoms with van der Waals surface area (Å²) in [5.41, 5.74) is 5.86. The van der Waals surface area contributed by atoms with Crippen LogP contribution in [0.5, 0.6) is 0 Å². The molecule has 0 unspecified atom stereocenters. The molecule has 0 aliphatic heterocycles. The highest BCUT2D eigenvalue weighted by Crippen LogP contribution is 2.29. The van der Waals surface area contributed by atoms with Crippen LogP contribution in [-0.4, -0.2) is 19.7 Å². The average molecular weight is 398 g/mol. The molecule has 146 valence electrons. The standard InChI is InChI=1S/C27H18N4/c1-3-8-19(9-4-1)23-18-24(20-10-5-2-6-11-20)31(30-23)25-16-15-22-14-13-21-12-7-17-28-26(21)27(22)29-25/h1-18H. The molecule has 0 fully saturated rings. The second-order valence-electron chi connectivity index (χ2n) is 7.44. The van der Waals surface area contributed by atoms with E-state index in [0.717, 1.165) is 50.1 Å². The number of fused-ring (bicyclic) bond motifs is 3. The second kappa shape index (κ2) is 7.18. The van der Waals surface area contributed by atoms with E-state index >= 15 is 0 Å². The van der Waals surface area contributed by atoms with Gasteiger partial charge in [-0.3, -0.25) is 4.98 Å². The Morgan fingerprint density at radius 1 is 0.581 bits per heavy atom. The van der Waals surface area contributed by atoms with Crippen LogP contribution in [0.4, 0.5) is 0 Å². The van der Waals surface area contributed by atoms with E-state index in [0.29, 0.717) is 0 Å². The van der Waals surface area contributed by atoms with E-state index in [-0.39, 0.29) is 0 Å². The van der Waals surface area contributed by atoms with E-state index in [1.165, 1.54) is 0 Å². The number of aromatic nitrogens is 4. The van der Waals surface area contributed by atoms with E-state index in [4.69, 9.17) is 10.1 Å². The van der Waals surface area contributed by atoms with Gasteiger partial charge in [-0.05, 0) is 24.3 Å². The lowest BCUT2D eigenvalue weighted by Crippen LogP contribution is -2.02. The summed E-state index contributed by atoms with van der Waals surface area (Å²) < 4.78 is 1.93. The van der Waals surface area contributed by atoms with Gasteiger partial charge < -0.3 is 0 Å². The molecule has 0 bridgehead atoms. The summed E-state index contributed by atoms with van der Waals surface area (Å²) in [4.78, 5) is 9.59. The summed E-state index contributed by atoms with van der Waals surface area (Å²) in [6, 6.07) is 34.9. The first-order chi connectivity index (χ1) is 15.4. The van der Waals surface area contributed by atoms with Crippen LogP contribution < -0.4 is 0 Å². The molecule has 0 N–H and O–H groups in total. The molecule has 3 aromatic heterocycles. The van der Waals surface area contributed by atoms with Crippen LogP contribution in [0, 0.1) is 0 Å². The molecule has 31 heavy (non-hydrogen) atoms. The lowest BCUT2D eigenvalue weighted by molar-refractivity contribution is 0.864. The van der Waals surface area contributed by atoms with Crippen LogP contribution in [0.15, 0.2) is 109 Å². The van der Waals surface area contributed by atoms with E-state index in [1.807, 2.05) is 59.4 Å². The maximum absolute atomic E-state index is 5.00. The van der Waals surface area contributed by atoms with Crippen molar-refractivity contribution in [3.05, 3.63) is 109 Å². The number of pyridine rings is 2. The average Bonchev–Trinajstić information content (AvgIpc) is 3.30. The Balaban J connectivity index is 1.60. The molecule has 0 amide bonds. The minimum atomic E-state index is 0.770. The van der Waals surface area contributed by atoms with E-state index in [9.17, 15) is 0 Å². The first kappa shape index (κ1) is 17.5. The van der Waals surface area contributed by atoms with Crippen LogP contribution in [0.1, 0.15) is 0 Å². The van der Waals surface area contributed by atoms with Crippen molar-refractivity contribution in [2.75, 3.05) is 0 Å². The van der Waals surface area contributed by atoms with Crippen LogP contribution in [0.25, 0.3) is 50.1 Å². The fourth-order valence-electron chi connectivity index (χ4n) is 3.95. The molecule has 4 heteroatoms. The van der Waals surface area contributed by atoms with Gasteiger partial charge >= 0.3 is 0 Å². The Hall–Kier alpha value is -4.31. The van der Waals surface area contributed by atoms with Crippen molar-refractivity contribution in [1.82, 2.24) is 19.7 Å². The minimum Gasteiger partial charge on any atom is -0.254 e. The van der Waals surface area contributed by atoms with E-state index in [2.05, 4.69) is 59.6 Å². The Labute approximate surface area is 179 Å². The smallest absolute Gasteiger partial charge is 0.154 e. The van der Waals surface area contributed by atoms with Crippen molar-refractivity contribution in [1.29, 1.82) is 0 Å². The number of hydrogen-bond donors (Lipinski definition) is 0. The van der Waals surface area contributed by atoms with Crippen LogP contribution in [0.2, 0.25) is 0 Å². The Morgan fingerprint density at radius 3 is 2.03 bits per heavy atom. The zero-order chi connectivity index (χ0) is 20.6. The van der Waals surface area contributed by atoms with Gasteiger partial charge in [0.25, 0.3) is 0 Å². The van der Waals surface area contributed by atoms with Gasteiger partial charge in [0, 0.05) is 28.1 Å². The maximum Gasteiger partial charge on any atom is 0.154 e. The zero-order valence-corrected chi connectivity index (χ0v) is 16.7. The third-order valence-electron chi connectivity index (χ3n) is 5.48. The highest BCUT2D eigenvalue weighted by atomic mass is 15.3. The SMILES string of the molecule is c1ccc(-c2cc(-c3ccccc3)n(-c3ccc4ccc5cccnc5c4n3)n2)cc1. The zero-order valence-electron chi connectivity index (χ0n) is 16.7. The minimum absolute atomic E-state index is 0.770. The molecule has 0 aliphatic rings. The summed E-state index contributed by atoms with van der Waals surface area (Å²) in [5.74, 6) is 0.770. The van der Waals surface area contributed by atoms with Crippen molar-refractivity contribution in [3.63, 3.8) is 0 Å². The molecule has 0 saturated heterocycles. The Bertz CT molecular complexity index is 1520. The molecule has 0 radical (unpaired) electrons. The van der Waals surface area contributed by atoms with E-state index < -0.39 is 0 Å². The normalized spacial score (nSPS) is 11.2. The third kappa shape index (κ3) is 3.06. The van der Waals surface area contributed by atoms with Gasteiger partial charge in [0.05, 0.1) is 22.4 Å². The highest BCUT2D eigenvalue weighted by molar-refractivity contribution is 6.02. The molecule has 0 spiro atoms. The first-order valence-corrected chi connectivity index (χ1v) is 10.2. The van der Waals surface area contributed by atoms with Crippen LogP contribution in [0.3, 0.4) is 0 Å². The van der Waals surface area contributed by atoms with Crippen LogP contribution in [-0.2, 0) is 0 Å². The monoisotopic (exact) mass is 398 g/mol. The Morgan fingerprint density at radius 2 is 1.26 bits per heavy atom. The lowest BCUT2D eigenvalue weighted by Gasteiger charge is -2.09. The molecule has 3 aromatic carbocycles. The quantitative estimate of drug-likeness (QED) is 0.328. The number of nitrogens with zero attached hydrogens (tertiary/aromatic N) is 4. The largest absolute Gasteiger partial charge is 0.254 e. The molecular formula is C27H18N4.